The number of nitrogens with zero attached hydrogens (tertiary/aromatic N) is 4. The van der Waals surface area contributed by atoms with Crippen molar-refractivity contribution in [3.63, 3.8) is 0 Å². The number of halogens is 1. The Kier molecular flexibility index (Phi) is 4.57. The predicted molar refractivity (Wildman–Crippen MR) is 83.6 cm³/mol. The molecule has 120 valence electrons. The molecule has 2 aromatic rings. The molecule has 1 saturated heterocycles. The van der Waals surface area contributed by atoms with Crippen molar-refractivity contribution >= 4 is 23.4 Å². The minimum atomic E-state index is -0.694. The van der Waals surface area contributed by atoms with Gasteiger partial charge in [0.1, 0.15) is 18.7 Å². The Labute approximate surface area is 138 Å². The molecule has 1 atom stereocenters. The lowest BCUT2D eigenvalue weighted by molar-refractivity contribution is -0.143. The van der Waals surface area contributed by atoms with Crippen LogP contribution in [0.5, 0.6) is 0 Å². The average Bonchev–Trinajstić information content (AvgIpc) is 3.07. The van der Waals surface area contributed by atoms with E-state index in [1.54, 1.807) is 40.2 Å². The first-order chi connectivity index (χ1) is 11.2. The van der Waals surface area contributed by atoms with E-state index in [1.165, 1.54) is 6.33 Å². The summed E-state index contributed by atoms with van der Waals surface area (Å²) in [6.07, 6.45) is 3.23. The van der Waals surface area contributed by atoms with E-state index < -0.39 is 6.04 Å². The van der Waals surface area contributed by atoms with Crippen molar-refractivity contribution < 1.29 is 9.59 Å². The molecule has 23 heavy (non-hydrogen) atoms. The molecule has 0 saturated carbocycles. The first-order valence-corrected chi connectivity index (χ1v) is 7.68. The van der Waals surface area contributed by atoms with Crippen molar-refractivity contribution in [2.75, 3.05) is 13.1 Å². The molecule has 0 radical (unpaired) electrons. The van der Waals surface area contributed by atoms with Gasteiger partial charge in [0.15, 0.2) is 0 Å². The van der Waals surface area contributed by atoms with Gasteiger partial charge in [-0.3, -0.25) is 14.3 Å². The Morgan fingerprint density at radius 1 is 1.39 bits per heavy atom. The summed E-state index contributed by atoms with van der Waals surface area (Å²) in [5.74, 6) is -0.321. The second-order valence-electron chi connectivity index (χ2n) is 5.21. The largest absolute Gasteiger partial charge is 0.352 e. The van der Waals surface area contributed by atoms with Gasteiger partial charge < -0.3 is 10.2 Å². The van der Waals surface area contributed by atoms with E-state index in [-0.39, 0.29) is 18.2 Å². The van der Waals surface area contributed by atoms with Gasteiger partial charge in [-0.2, -0.15) is 5.10 Å². The number of rotatable bonds is 4. The number of nitrogens with one attached hydrogen (secondary N) is 1. The van der Waals surface area contributed by atoms with Crippen LogP contribution >= 0.6 is 11.6 Å². The lowest BCUT2D eigenvalue weighted by Crippen LogP contribution is -2.52. The lowest BCUT2D eigenvalue weighted by atomic mass is 10.0. The molecule has 0 unspecified atom stereocenters. The fourth-order valence-electron chi connectivity index (χ4n) is 2.64. The van der Waals surface area contributed by atoms with Gasteiger partial charge in [-0.15, -0.1) is 0 Å². The van der Waals surface area contributed by atoms with Gasteiger partial charge in [-0.05, 0) is 6.07 Å². The normalized spacial score (nSPS) is 17.9. The molecular weight excluding hydrogens is 318 g/mol. The van der Waals surface area contributed by atoms with Crippen LogP contribution in [0.1, 0.15) is 18.0 Å². The summed E-state index contributed by atoms with van der Waals surface area (Å²) in [6.45, 7) is 1.32. The highest BCUT2D eigenvalue weighted by atomic mass is 35.5. The van der Waals surface area contributed by atoms with Crippen LogP contribution in [-0.4, -0.2) is 44.6 Å². The molecule has 8 heteroatoms. The fourth-order valence-corrected chi connectivity index (χ4v) is 2.88. The second-order valence-corrected chi connectivity index (χ2v) is 5.62. The molecule has 1 aromatic carbocycles. The standard InChI is InChI=1S/C15H16ClN5O2/c16-12-4-2-1-3-11(12)14-15(23)18-6-8-21(14)13(22)5-7-20-10-17-9-19-20/h1-4,9-10,14H,5-8H2,(H,18,23)/t14-/m0/s1. The average molecular weight is 334 g/mol. The third-order valence-electron chi connectivity index (χ3n) is 3.75. The number of aromatic nitrogens is 3. The number of piperazine rings is 1. The number of amides is 2. The van der Waals surface area contributed by atoms with E-state index in [0.29, 0.717) is 30.2 Å². The lowest BCUT2D eigenvalue weighted by Gasteiger charge is -2.35. The molecule has 1 fully saturated rings. The number of carbonyl (C=O) groups is 2. The SMILES string of the molecule is O=C1NCCN(C(=O)CCn2cncn2)[C@H]1c1ccccc1Cl. The smallest absolute Gasteiger partial charge is 0.247 e. The van der Waals surface area contributed by atoms with Crippen LogP contribution < -0.4 is 5.32 Å². The van der Waals surface area contributed by atoms with Crippen LogP contribution in [0.4, 0.5) is 0 Å². The molecule has 7 nitrogen and oxygen atoms in total. The maximum Gasteiger partial charge on any atom is 0.247 e. The molecule has 1 aliphatic heterocycles. The molecule has 0 spiro atoms. The zero-order chi connectivity index (χ0) is 16.2. The maximum absolute atomic E-state index is 12.6. The van der Waals surface area contributed by atoms with Crippen LogP contribution in [0.3, 0.4) is 0 Å². The Morgan fingerprint density at radius 2 is 2.22 bits per heavy atom. The van der Waals surface area contributed by atoms with Gasteiger partial charge >= 0.3 is 0 Å². The first kappa shape index (κ1) is 15.5. The summed E-state index contributed by atoms with van der Waals surface area (Å²) < 4.78 is 1.59. The third-order valence-corrected chi connectivity index (χ3v) is 4.10. The van der Waals surface area contributed by atoms with Gasteiger partial charge in [0, 0.05) is 30.1 Å². The molecule has 2 amide bonds. The van der Waals surface area contributed by atoms with Crippen LogP contribution in [0.25, 0.3) is 0 Å². The second kappa shape index (κ2) is 6.78. The number of aryl methyl sites for hydroxylation is 1. The van der Waals surface area contributed by atoms with Crippen molar-refractivity contribution in [3.8, 4) is 0 Å². The van der Waals surface area contributed by atoms with Crippen molar-refractivity contribution in [2.45, 2.75) is 19.0 Å². The highest BCUT2D eigenvalue weighted by Crippen LogP contribution is 2.29. The van der Waals surface area contributed by atoms with Crippen molar-refractivity contribution in [2.24, 2.45) is 0 Å². The highest BCUT2D eigenvalue weighted by Gasteiger charge is 2.35. The minimum absolute atomic E-state index is 0.111. The highest BCUT2D eigenvalue weighted by molar-refractivity contribution is 6.31. The van der Waals surface area contributed by atoms with E-state index >= 15 is 0 Å². The quantitative estimate of drug-likeness (QED) is 0.906. The summed E-state index contributed by atoms with van der Waals surface area (Å²) in [5.41, 5.74) is 0.639. The summed E-state index contributed by atoms with van der Waals surface area (Å²) in [5, 5.41) is 7.24. The molecule has 3 rings (SSSR count). The maximum atomic E-state index is 12.6. The van der Waals surface area contributed by atoms with Crippen LogP contribution in [0.2, 0.25) is 5.02 Å². The Bertz CT molecular complexity index is 704. The van der Waals surface area contributed by atoms with Crippen LogP contribution in [0, 0.1) is 0 Å². The van der Waals surface area contributed by atoms with E-state index in [2.05, 4.69) is 15.4 Å². The molecule has 1 aromatic heterocycles. The van der Waals surface area contributed by atoms with E-state index in [4.69, 9.17) is 11.6 Å². The fraction of sp³-hybridized carbons (Fsp3) is 0.333. The van der Waals surface area contributed by atoms with Gasteiger partial charge in [-0.25, -0.2) is 4.98 Å². The van der Waals surface area contributed by atoms with Gasteiger partial charge in [0.05, 0.1) is 6.54 Å². The van der Waals surface area contributed by atoms with E-state index in [9.17, 15) is 9.59 Å². The summed E-state index contributed by atoms with van der Waals surface area (Å²) in [4.78, 5) is 30.3. The zero-order valence-electron chi connectivity index (χ0n) is 12.4. The molecule has 2 heterocycles. The summed E-state index contributed by atoms with van der Waals surface area (Å²) in [7, 11) is 0. The van der Waals surface area contributed by atoms with Crippen molar-refractivity contribution in [1.82, 2.24) is 25.0 Å². The van der Waals surface area contributed by atoms with Crippen molar-refractivity contribution in [1.29, 1.82) is 0 Å². The number of hydrogen-bond acceptors (Lipinski definition) is 4. The monoisotopic (exact) mass is 333 g/mol. The molecule has 0 aliphatic carbocycles. The van der Waals surface area contributed by atoms with Gasteiger partial charge in [-0.1, -0.05) is 29.8 Å². The Balaban J connectivity index is 1.79. The predicted octanol–water partition coefficient (Wildman–Crippen LogP) is 1.02. The van der Waals surface area contributed by atoms with Crippen LogP contribution in [-0.2, 0) is 16.1 Å². The zero-order valence-corrected chi connectivity index (χ0v) is 13.1. The number of carbonyl (C=O) groups excluding carboxylic acids is 2. The first-order valence-electron chi connectivity index (χ1n) is 7.31. The van der Waals surface area contributed by atoms with Gasteiger partial charge in [0.2, 0.25) is 11.8 Å². The van der Waals surface area contributed by atoms with Crippen molar-refractivity contribution in [3.05, 3.63) is 47.5 Å². The van der Waals surface area contributed by atoms with E-state index in [0.717, 1.165) is 0 Å². The Morgan fingerprint density at radius 3 is 2.96 bits per heavy atom. The van der Waals surface area contributed by atoms with Crippen LogP contribution in [0.15, 0.2) is 36.9 Å². The summed E-state index contributed by atoms with van der Waals surface area (Å²) in [6, 6.07) is 6.40. The molecule has 1 N–H and O–H groups in total. The minimum Gasteiger partial charge on any atom is -0.352 e. The molecule has 1 aliphatic rings. The molecular formula is C15H16ClN5O2. The number of hydrogen-bond donors (Lipinski definition) is 1. The topological polar surface area (TPSA) is 80.1 Å². The Hall–Kier alpha value is -2.41. The summed E-state index contributed by atoms with van der Waals surface area (Å²) >= 11 is 6.21. The van der Waals surface area contributed by atoms with Gasteiger partial charge in [0.25, 0.3) is 0 Å². The molecule has 0 bridgehead atoms. The third kappa shape index (κ3) is 3.34. The van der Waals surface area contributed by atoms with E-state index in [1.807, 2.05) is 0 Å². The number of benzene rings is 1.